The molecule has 0 radical (unpaired) electrons. The lowest BCUT2D eigenvalue weighted by molar-refractivity contribution is 0.0256. The van der Waals surface area contributed by atoms with Crippen LogP contribution in [0.5, 0.6) is 23.0 Å². The zero-order valence-corrected chi connectivity index (χ0v) is 44.2. The van der Waals surface area contributed by atoms with E-state index >= 15 is 0 Å². The van der Waals surface area contributed by atoms with Crippen molar-refractivity contribution in [3.8, 4) is 67.5 Å². The largest absolute Gasteiger partial charge is 0.507 e. The Labute approximate surface area is 437 Å². The molecule has 2 saturated carbocycles. The van der Waals surface area contributed by atoms with Gasteiger partial charge in [0, 0.05) is 39.8 Å². The molecule has 6 aromatic rings. The monoisotopic (exact) mass is 973 g/mol. The zero-order chi connectivity index (χ0) is 49.4. The maximum absolute atomic E-state index is 12.8. The van der Waals surface area contributed by atoms with E-state index in [1.54, 1.807) is 0 Å². The molecule has 380 valence electrons. The normalized spacial score (nSPS) is 19.0. The Kier molecular flexibility index (Phi) is 14.2. The third-order valence-electron chi connectivity index (χ3n) is 18.7. The number of phenolic OH excluding ortho intramolecular Hbond substituents is 2. The lowest BCUT2D eigenvalue weighted by atomic mass is 9.76. The highest BCUT2D eigenvalue weighted by Crippen LogP contribution is 2.51. The van der Waals surface area contributed by atoms with E-state index < -0.39 is 0 Å². The van der Waals surface area contributed by atoms with Crippen LogP contribution in [-0.2, 0) is 51.4 Å². The number of para-hydroxylation sites is 2. The Hall–Kier alpha value is -5.48. The predicted octanol–water partition coefficient (Wildman–Crippen LogP) is 17.6. The molecule has 0 spiro atoms. The molecule has 73 heavy (non-hydrogen) atoms. The van der Waals surface area contributed by atoms with Gasteiger partial charge < -0.3 is 19.7 Å². The van der Waals surface area contributed by atoms with Gasteiger partial charge in [0.2, 0.25) is 0 Å². The van der Waals surface area contributed by atoms with E-state index in [-0.39, 0.29) is 12.2 Å². The molecular weight excluding hydrogens is 893 g/mol. The smallest absolute Gasteiger partial charge is 0.131 e. The second-order valence-electron chi connectivity index (χ2n) is 23.6. The minimum Gasteiger partial charge on any atom is -0.507 e. The van der Waals surface area contributed by atoms with Gasteiger partial charge in [0.05, 0.1) is 0 Å². The summed E-state index contributed by atoms with van der Waals surface area (Å²) in [4.78, 5) is 0. The van der Waals surface area contributed by atoms with E-state index in [2.05, 4.69) is 98.8 Å². The van der Waals surface area contributed by atoms with E-state index in [9.17, 15) is 10.2 Å². The summed E-state index contributed by atoms with van der Waals surface area (Å²) < 4.78 is 15.2. The minimum absolute atomic E-state index is 0.0606. The van der Waals surface area contributed by atoms with Crippen molar-refractivity contribution in [1.29, 1.82) is 0 Å². The number of aromatic hydroxyl groups is 2. The quantitative estimate of drug-likeness (QED) is 0.128. The zero-order valence-electron chi connectivity index (χ0n) is 44.2. The molecule has 0 aromatic heterocycles. The summed E-state index contributed by atoms with van der Waals surface area (Å²) in [6.45, 7) is 4.40. The second kappa shape index (κ2) is 21.4. The Morgan fingerprint density at radius 2 is 0.712 bits per heavy atom. The van der Waals surface area contributed by atoms with Crippen LogP contribution in [0.3, 0.4) is 0 Å². The fraction of sp³-hybridized carbons (Fsp3) is 0.478. The summed E-state index contributed by atoms with van der Waals surface area (Å²) in [7, 11) is 0. The van der Waals surface area contributed by atoms with Crippen LogP contribution in [0.25, 0.3) is 44.5 Å². The van der Waals surface area contributed by atoms with Gasteiger partial charge in [-0.1, -0.05) is 87.1 Å². The molecule has 0 amide bonds. The van der Waals surface area contributed by atoms with Crippen molar-refractivity contribution in [2.24, 2.45) is 11.8 Å². The van der Waals surface area contributed by atoms with Gasteiger partial charge in [-0.2, -0.15) is 0 Å². The van der Waals surface area contributed by atoms with Gasteiger partial charge in [-0.3, -0.25) is 0 Å². The maximum Gasteiger partial charge on any atom is 0.131 e. The number of benzene rings is 6. The van der Waals surface area contributed by atoms with Gasteiger partial charge in [0.15, 0.2) is 0 Å². The molecule has 2 atom stereocenters. The number of rotatable bonds is 12. The van der Waals surface area contributed by atoms with Crippen molar-refractivity contribution >= 4 is 0 Å². The molecule has 0 aliphatic heterocycles. The number of phenols is 2. The molecule has 6 aliphatic rings. The molecule has 0 saturated heterocycles. The average Bonchev–Trinajstić information content (AvgIpc) is 3.43. The van der Waals surface area contributed by atoms with Crippen LogP contribution < -0.4 is 9.47 Å². The van der Waals surface area contributed by atoms with Gasteiger partial charge in [0.25, 0.3) is 0 Å². The highest BCUT2D eigenvalue weighted by atomic mass is 16.5. The van der Waals surface area contributed by atoms with Gasteiger partial charge in [-0.25, -0.2) is 0 Å². The third-order valence-corrected chi connectivity index (χ3v) is 18.7. The van der Waals surface area contributed by atoms with Gasteiger partial charge >= 0.3 is 0 Å². The lowest BCUT2D eigenvalue weighted by Crippen LogP contribution is -2.38. The molecular formula is C69H80O4. The first-order valence-corrected chi connectivity index (χ1v) is 29.4. The molecule has 2 fully saturated rings. The molecule has 6 aromatic carbocycles. The second-order valence-corrected chi connectivity index (χ2v) is 23.6. The molecule has 6 aliphatic carbocycles. The fourth-order valence-electron chi connectivity index (χ4n) is 15.1. The van der Waals surface area contributed by atoms with Crippen molar-refractivity contribution in [2.45, 2.75) is 199 Å². The molecule has 0 bridgehead atoms. The number of ether oxygens (including phenoxy) is 2. The Morgan fingerprint density at radius 3 is 1.08 bits per heavy atom. The molecule has 1 unspecified atom stereocenters. The average molecular weight is 973 g/mol. The predicted molar refractivity (Wildman–Crippen MR) is 301 cm³/mol. The molecule has 2 N–H and O–H groups in total. The van der Waals surface area contributed by atoms with Crippen LogP contribution in [0.4, 0.5) is 0 Å². The number of hydrogen-bond acceptors (Lipinski definition) is 4. The van der Waals surface area contributed by atoms with Crippen molar-refractivity contribution in [2.75, 3.05) is 0 Å². The van der Waals surface area contributed by atoms with Gasteiger partial charge in [0.1, 0.15) is 35.2 Å². The number of aryl methyl sites for hydroxylation is 6. The number of hydrogen-bond donors (Lipinski definition) is 2. The Bertz CT molecular complexity index is 2710. The first-order chi connectivity index (χ1) is 35.9. The van der Waals surface area contributed by atoms with Crippen LogP contribution >= 0.6 is 0 Å². The first-order valence-electron chi connectivity index (χ1n) is 29.4. The molecule has 0 heterocycles. The summed E-state index contributed by atoms with van der Waals surface area (Å²) in [5.74, 6) is 3.29. The van der Waals surface area contributed by atoms with Crippen molar-refractivity contribution in [3.63, 3.8) is 0 Å². The minimum atomic E-state index is -0.0606. The highest BCUT2D eigenvalue weighted by Gasteiger charge is 2.36. The highest BCUT2D eigenvalue weighted by molar-refractivity contribution is 5.90. The standard InChI is InChI=1S/C69H80O4/c1-44-37-58(68(70)60(39-44)66-52-29-13-9-25-48(52)41-49-26-10-14-30-53(49)66)56-33-17-19-35-62(56)72-64(46-21-5-3-6-22-46)43-65(47-23-7-4-8-24-47)73-63-36-20-18-34-57(63)59-38-45(2)40-61(69(59)71)67-54-31-15-11-27-50(54)42-51-28-12-16-32-55(51)67/h17-20,33-42,46-47,64-65,70-71H,3-16,21-32,43H2,1-2H3/t64-,65?/m1/s1. The van der Waals surface area contributed by atoms with E-state index in [1.165, 1.54) is 146 Å². The molecule has 4 nitrogen and oxygen atoms in total. The maximum atomic E-state index is 12.8. The van der Waals surface area contributed by atoms with Crippen LogP contribution in [0.2, 0.25) is 0 Å². The Balaban J connectivity index is 0.911. The summed E-state index contributed by atoms with van der Waals surface area (Å²) >= 11 is 0. The number of fused-ring (bicyclic) bond motifs is 4. The lowest BCUT2D eigenvalue weighted by Gasteiger charge is -2.37. The van der Waals surface area contributed by atoms with E-state index in [4.69, 9.17) is 9.47 Å². The summed E-state index contributed by atoms with van der Waals surface area (Å²) in [5, 5.41) is 25.5. The summed E-state index contributed by atoms with van der Waals surface area (Å²) in [6, 6.07) is 31.1. The third kappa shape index (κ3) is 9.75. The fourth-order valence-corrected chi connectivity index (χ4v) is 15.1. The van der Waals surface area contributed by atoms with E-state index in [1.807, 2.05) is 0 Å². The first kappa shape index (κ1) is 48.5. The van der Waals surface area contributed by atoms with E-state index in [0.717, 1.165) is 139 Å². The van der Waals surface area contributed by atoms with Crippen molar-refractivity contribution in [3.05, 3.63) is 141 Å². The SMILES string of the molecule is Cc1cc(-c2ccccc2OC(C[C@@H](Oc2ccccc2-c2cc(C)cc(-c3c4c(cc5c3CCCC5)CCCC4)c2O)C2CCCCC2)C2CCCCC2)c(O)c(-c2c3c(cc4c2CCCC4)CCCC3)c1. The molecule has 4 heteroatoms. The van der Waals surface area contributed by atoms with Crippen LogP contribution in [0.15, 0.2) is 84.9 Å². The topological polar surface area (TPSA) is 58.9 Å². The van der Waals surface area contributed by atoms with Crippen LogP contribution in [0, 0.1) is 25.7 Å². The van der Waals surface area contributed by atoms with Crippen LogP contribution in [-0.4, -0.2) is 22.4 Å². The van der Waals surface area contributed by atoms with Crippen LogP contribution in [0.1, 0.15) is 178 Å². The summed E-state index contributed by atoms with van der Waals surface area (Å²) in [6.07, 6.45) is 31.4. The van der Waals surface area contributed by atoms with Crippen molar-refractivity contribution < 1.29 is 19.7 Å². The van der Waals surface area contributed by atoms with E-state index in [0.29, 0.717) is 23.3 Å². The Morgan fingerprint density at radius 1 is 0.384 bits per heavy atom. The molecule has 12 rings (SSSR count). The van der Waals surface area contributed by atoms with Gasteiger partial charge in [-0.15, -0.1) is 0 Å². The summed E-state index contributed by atoms with van der Waals surface area (Å²) in [5.41, 5.74) is 22.6. The van der Waals surface area contributed by atoms with Gasteiger partial charge in [-0.05, 0) is 257 Å². The van der Waals surface area contributed by atoms with Crippen molar-refractivity contribution in [1.82, 2.24) is 0 Å².